The summed E-state index contributed by atoms with van der Waals surface area (Å²) in [6, 6.07) is 10.9. The summed E-state index contributed by atoms with van der Waals surface area (Å²) >= 11 is 0. The zero-order valence-corrected chi connectivity index (χ0v) is 16.7. The van der Waals surface area contributed by atoms with Gasteiger partial charge in [0.15, 0.2) is 0 Å². The largest absolute Gasteiger partial charge is 0.472 e. The third kappa shape index (κ3) is 2.66. The first-order chi connectivity index (χ1) is 14.2. The average molecular weight is 387 g/mol. The smallest absolute Gasteiger partial charge is 0.223 e. The van der Waals surface area contributed by atoms with Gasteiger partial charge in [0.1, 0.15) is 12.4 Å². The molecule has 1 spiro atoms. The number of nitrogens with zero attached hydrogens (tertiary/aromatic N) is 4. The molecule has 1 N–H and O–H groups in total. The highest BCUT2D eigenvalue weighted by atomic mass is 16.5. The van der Waals surface area contributed by atoms with Crippen molar-refractivity contribution in [2.24, 2.45) is 0 Å². The average Bonchev–Trinajstić information content (AvgIpc) is 3.28. The monoisotopic (exact) mass is 387 g/mol. The van der Waals surface area contributed by atoms with Crippen LogP contribution in [0.1, 0.15) is 24.8 Å². The SMILES string of the molecule is CN1CCC2(CC1)CCN2c1ccc2c(n1)OCc1cc(-c3cn[nH]c3)ccc1-2. The first kappa shape index (κ1) is 17.0. The molecule has 6 nitrogen and oxygen atoms in total. The van der Waals surface area contributed by atoms with E-state index in [1.807, 2.05) is 12.4 Å². The molecule has 0 aliphatic carbocycles. The maximum Gasteiger partial charge on any atom is 0.223 e. The fourth-order valence-corrected chi connectivity index (χ4v) is 5.06. The van der Waals surface area contributed by atoms with Gasteiger partial charge in [-0.2, -0.15) is 10.1 Å². The van der Waals surface area contributed by atoms with Crippen molar-refractivity contribution in [3.63, 3.8) is 0 Å². The van der Waals surface area contributed by atoms with Crippen molar-refractivity contribution in [2.45, 2.75) is 31.4 Å². The molecule has 0 saturated carbocycles. The Morgan fingerprint density at radius 1 is 1.00 bits per heavy atom. The Kier molecular flexibility index (Phi) is 3.71. The van der Waals surface area contributed by atoms with Gasteiger partial charge in [-0.3, -0.25) is 5.10 Å². The zero-order valence-electron chi connectivity index (χ0n) is 16.7. The van der Waals surface area contributed by atoms with E-state index >= 15 is 0 Å². The lowest BCUT2D eigenvalue weighted by molar-refractivity contribution is 0.134. The molecule has 2 saturated heterocycles. The van der Waals surface area contributed by atoms with Crippen LogP contribution < -0.4 is 9.64 Å². The van der Waals surface area contributed by atoms with E-state index in [0.29, 0.717) is 12.1 Å². The Hall–Kier alpha value is -2.86. The molecule has 3 aliphatic rings. The fraction of sp³-hybridized carbons (Fsp3) is 0.391. The summed E-state index contributed by atoms with van der Waals surface area (Å²) in [6.45, 7) is 4.00. The number of rotatable bonds is 2. The van der Waals surface area contributed by atoms with E-state index in [-0.39, 0.29) is 0 Å². The molecule has 0 unspecified atom stereocenters. The summed E-state index contributed by atoms with van der Waals surface area (Å²) in [4.78, 5) is 9.90. The summed E-state index contributed by atoms with van der Waals surface area (Å²) in [6.07, 6.45) is 7.49. The van der Waals surface area contributed by atoms with Crippen LogP contribution in [0.2, 0.25) is 0 Å². The van der Waals surface area contributed by atoms with Gasteiger partial charge >= 0.3 is 0 Å². The van der Waals surface area contributed by atoms with E-state index in [1.165, 1.54) is 43.5 Å². The molecule has 29 heavy (non-hydrogen) atoms. The highest BCUT2D eigenvalue weighted by Gasteiger charge is 2.46. The van der Waals surface area contributed by atoms with Gasteiger partial charge in [-0.1, -0.05) is 12.1 Å². The molecule has 3 aliphatic heterocycles. The highest BCUT2D eigenvalue weighted by molar-refractivity contribution is 5.78. The predicted octanol–water partition coefficient (Wildman–Crippen LogP) is 3.71. The summed E-state index contributed by atoms with van der Waals surface area (Å²) in [5.74, 6) is 1.83. The van der Waals surface area contributed by atoms with E-state index in [2.05, 4.69) is 57.4 Å². The quantitative estimate of drug-likeness (QED) is 0.727. The lowest BCUT2D eigenvalue weighted by atomic mass is 9.76. The van der Waals surface area contributed by atoms with Crippen molar-refractivity contribution in [3.05, 3.63) is 48.3 Å². The second-order valence-corrected chi connectivity index (χ2v) is 8.60. The topological polar surface area (TPSA) is 57.3 Å². The maximum atomic E-state index is 6.11. The fourth-order valence-electron chi connectivity index (χ4n) is 5.06. The van der Waals surface area contributed by atoms with Crippen LogP contribution in [-0.2, 0) is 6.61 Å². The van der Waals surface area contributed by atoms with Crippen molar-refractivity contribution in [1.82, 2.24) is 20.1 Å². The number of piperidine rings is 1. The number of nitrogens with one attached hydrogen (secondary N) is 1. The molecule has 6 heteroatoms. The molecule has 0 bridgehead atoms. The Balaban J connectivity index is 1.31. The minimum atomic E-state index is 0.305. The molecular formula is C23H25N5O. The minimum Gasteiger partial charge on any atom is -0.472 e. The van der Waals surface area contributed by atoms with E-state index in [4.69, 9.17) is 9.72 Å². The van der Waals surface area contributed by atoms with Gasteiger partial charge in [0.05, 0.1) is 6.20 Å². The third-order valence-electron chi connectivity index (χ3n) is 7.00. The molecule has 0 amide bonds. The summed E-state index contributed by atoms with van der Waals surface area (Å²) in [5.41, 5.74) is 6.05. The van der Waals surface area contributed by atoms with E-state index in [0.717, 1.165) is 34.9 Å². The number of ether oxygens (including phenoxy) is 1. The Bertz CT molecular complexity index is 1050. The first-order valence-corrected chi connectivity index (χ1v) is 10.4. The number of hydrogen-bond donors (Lipinski definition) is 1. The highest BCUT2D eigenvalue weighted by Crippen LogP contribution is 2.45. The number of benzene rings is 1. The van der Waals surface area contributed by atoms with Crippen LogP contribution in [0.3, 0.4) is 0 Å². The first-order valence-electron chi connectivity index (χ1n) is 10.4. The van der Waals surface area contributed by atoms with Crippen molar-refractivity contribution in [1.29, 1.82) is 0 Å². The van der Waals surface area contributed by atoms with E-state index in [1.54, 1.807) is 0 Å². The summed E-state index contributed by atoms with van der Waals surface area (Å²) in [7, 11) is 2.22. The molecule has 0 radical (unpaired) electrons. The van der Waals surface area contributed by atoms with Crippen LogP contribution in [-0.4, -0.2) is 52.3 Å². The van der Waals surface area contributed by atoms with Gasteiger partial charge < -0.3 is 14.5 Å². The van der Waals surface area contributed by atoms with Crippen LogP contribution >= 0.6 is 0 Å². The van der Waals surface area contributed by atoms with Crippen molar-refractivity contribution in [2.75, 3.05) is 31.6 Å². The number of H-pyrrole nitrogens is 1. The molecule has 1 aromatic carbocycles. The van der Waals surface area contributed by atoms with Gasteiger partial charge in [0, 0.05) is 42.5 Å². The standard InChI is InChI=1S/C23H25N5O/c1-27-9-6-23(7-10-27)8-11-28(23)21-5-4-20-19-3-2-16(18-13-24-25-14-18)12-17(19)15-29-22(20)26-21/h2-5,12-14H,6-11,15H2,1H3,(H,24,25). The Morgan fingerprint density at radius 3 is 2.59 bits per heavy atom. The molecule has 5 heterocycles. The Labute approximate surface area is 170 Å². The van der Waals surface area contributed by atoms with Crippen LogP contribution in [0.4, 0.5) is 5.82 Å². The zero-order chi connectivity index (χ0) is 19.4. The number of anilines is 1. The number of hydrogen-bond acceptors (Lipinski definition) is 5. The van der Waals surface area contributed by atoms with Crippen molar-refractivity contribution < 1.29 is 4.74 Å². The summed E-state index contributed by atoms with van der Waals surface area (Å²) < 4.78 is 6.11. The van der Waals surface area contributed by atoms with Gasteiger partial charge in [-0.25, -0.2) is 0 Å². The minimum absolute atomic E-state index is 0.305. The van der Waals surface area contributed by atoms with Gasteiger partial charge in [0.25, 0.3) is 0 Å². The van der Waals surface area contributed by atoms with E-state index < -0.39 is 0 Å². The van der Waals surface area contributed by atoms with Gasteiger partial charge in [-0.05, 0) is 61.2 Å². The lowest BCUT2D eigenvalue weighted by Crippen LogP contribution is -2.64. The van der Waals surface area contributed by atoms with Crippen LogP contribution in [0.5, 0.6) is 5.88 Å². The van der Waals surface area contributed by atoms with Crippen LogP contribution in [0, 0.1) is 0 Å². The normalized spacial score (nSPS) is 20.0. The second kappa shape index (κ2) is 6.32. The maximum absolute atomic E-state index is 6.11. The summed E-state index contributed by atoms with van der Waals surface area (Å²) in [5, 5.41) is 6.93. The second-order valence-electron chi connectivity index (χ2n) is 8.60. The third-order valence-corrected chi connectivity index (χ3v) is 7.00. The lowest BCUT2D eigenvalue weighted by Gasteiger charge is -2.57. The molecule has 6 rings (SSSR count). The van der Waals surface area contributed by atoms with Gasteiger partial charge in [0.2, 0.25) is 5.88 Å². The van der Waals surface area contributed by atoms with Gasteiger partial charge in [-0.15, -0.1) is 0 Å². The number of pyridine rings is 1. The molecule has 2 fully saturated rings. The van der Waals surface area contributed by atoms with Crippen LogP contribution in [0.15, 0.2) is 42.7 Å². The van der Waals surface area contributed by atoms with E-state index in [9.17, 15) is 0 Å². The number of aromatic amines is 1. The van der Waals surface area contributed by atoms with Crippen LogP contribution in [0.25, 0.3) is 22.3 Å². The molecule has 2 aromatic heterocycles. The number of fused-ring (bicyclic) bond motifs is 3. The Morgan fingerprint density at radius 2 is 1.83 bits per heavy atom. The number of aromatic nitrogens is 3. The van der Waals surface area contributed by atoms with Crippen molar-refractivity contribution in [3.8, 4) is 28.1 Å². The number of likely N-dealkylation sites (tertiary alicyclic amines) is 1. The molecule has 3 aromatic rings. The predicted molar refractivity (Wildman–Crippen MR) is 113 cm³/mol. The molecule has 0 atom stereocenters. The molecule has 148 valence electrons. The molecular weight excluding hydrogens is 362 g/mol. The van der Waals surface area contributed by atoms with Crippen molar-refractivity contribution >= 4 is 5.82 Å².